The molecule has 1 aromatic carbocycles. The van der Waals surface area contributed by atoms with E-state index in [1.54, 1.807) is 25.7 Å². The Hall–Kier alpha value is -1.84. The first-order chi connectivity index (χ1) is 9.37. The molecule has 20 heavy (non-hydrogen) atoms. The van der Waals surface area contributed by atoms with Gasteiger partial charge in [-0.1, -0.05) is 18.2 Å². The third kappa shape index (κ3) is 3.59. The van der Waals surface area contributed by atoms with Gasteiger partial charge >= 0.3 is 5.97 Å². The van der Waals surface area contributed by atoms with Crippen molar-refractivity contribution in [2.45, 2.75) is 45.6 Å². The van der Waals surface area contributed by atoms with E-state index >= 15 is 0 Å². The van der Waals surface area contributed by atoms with Crippen LogP contribution in [-0.4, -0.2) is 24.0 Å². The van der Waals surface area contributed by atoms with Gasteiger partial charge in [-0.25, -0.2) is 0 Å². The molecule has 1 amide bonds. The number of carbonyl (C=O) groups is 2. The summed E-state index contributed by atoms with van der Waals surface area (Å²) in [4.78, 5) is 25.7. The lowest BCUT2D eigenvalue weighted by molar-refractivity contribution is -0.156. The molecule has 0 spiro atoms. The van der Waals surface area contributed by atoms with E-state index in [2.05, 4.69) is 0 Å². The van der Waals surface area contributed by atoms with Gasteiger partial charge in [0.05, 0.1) is 0 Å². The molecule has 0 radical (unpaired) electrons. The number of hydrogen-bond acceptors (Lipinski definition) is 3. The molecule has 4 nitrogen and oxygen atoms in total. The van der Waals surface area contributed by atoms with E-state index in [1.165, 1.54) is 0 Å². The molecule has 0 N–H and O–H groups in total. The van der Waals surface area contributed by atoms with Crippen LogP contribution in [0.5, 0.6) is 0 Å². The van der Waals surface area contributed by atoms with Gasteiger partial charge < -0.3 is 9.64 Å². The Labute approximate surface area is 119 Å². The molecule has 0 aliphatic carbocycles. The molecule has 1 heterocycles. The number of amides is 1. The lowest BCUT2D eigenvalue weighted by Crippen LogP contribution is -2.37. The molecule has 0 saturated carbocycles. The largest absolute Gasteiger partial charge is 0.460 e. The van der Waals surface area contributed by atoms with Crippen LogP contribution in [0.15, 0.2) is 24.3 Å². The van der Waals surface area contributed by atoms with Crippen molar-refractivity contribution in [2.75, 3.05) is 11.4 Å². The second kappa shape index (κ2) is 5.65. The molecule has 1 aliphatic rings. The first-order valence-corrected chi connectivity index (χ1v) is 6.97. The van der Waals surface area contributed by atoms with Crippen LogP contribution in [0, 0.1) is 0 Å². The van der Waals surface area contributed by atoms with Crippen LogP contribution in [0.3, 0.4) is 0 Å². The molecule has 0 atom stereocenters. The van der Waals surface area contributed by atoms with Crippen LogP contribution in [0.2, 0.25) is 0 Å². The van der Waals surface area contributed by atoms with Gasteiger partial charge in [0, 0.05) is 12.2 Å². The molecular weight excluding hydrogens is 254 g/mol. The second-order valence-electron chi connectivity index (χ2n) is 6.04. The molecule has 1 aliphatic heterocycles. The van der Waals surface area contributed by atoms with E-state index in [0.717, 1.165) is 24.1 Å². The van der Waals surface area contributed by atoms with Crippen LogP contribution in [0.4, 0.5) is 5.69 Å². The second-order valence-corrected chi connectivity index (χ2v) is 6.04. The molecule has 4 heteroatoms. The fourth-order valence-corrected chi connectivity index (χ4v) is 2.39. The maximum Gasteiger partial charge on any atom is 0.315 e. The first kappa shape index (κ1) is 14.6. The molecule has 0 bridgehead atoms. The van der Waals surface area contributed by atoms with Gasteiger partial charge in [-0.2, -0.15) is 0 Å². The Balaban J connectivity index is 2.06. The molecule has 0 saturated heterocycles. The number of esters is 1. The molecule has 0 fully saturated rings. The zero-order valence-corrected chi connectivity index (χ0v) is 12.3. The third-order valence-corrected chi connectivity index (χ3v) is 3.13. The fourth-order valence-electron chi connectivity index (χ4n) is 2.39. The van der Waals surface area contributed by atoms with Gasteiger partial charge in [-0.3, -0.25) is 9.59 Å². The Morgan fingerprint density at radius 2 is 1.95 bits per heavy atom. The molecule has 2 rings (SSSR count). The van der Waals surface area contributed by atoms with E-state index < -0.39 is 11.6 Å². The summed E-state index contributed by atoms with van der Waals surface area (Å²) in [6.45, 7) is 6.06. The monoisotopic (exact) mass is 275 g/mol. The minimum Gasteiger partial charge on any atom is -0.460 e. The number of carbonyl (C=O) groups excluding carboxylic acids is 2. The number of para-hydroxylation sites is 1. The summed E-state index contributed by atoms with van der Waals surface area (Å²) in [5, 5.41) is 0. The zero-order chi connectivity index (χ0) is 14.8. The molecular formula is C16H21NO3. The van der Waals surface area contributed by atoms with Gasteiger partial charge in [0.25, 0.3) is 0 Å². The molecule has 0 aromatic heterocycles. The van der Waals surface area contributed by atoms with Crippen molar-refractivity contribution in [2.24, 2.45) is 0 Å². The molecule has 108 valence electrons. The Morgan fingerprint density at radius 3 is 2.65 bits per heavy atom. The average Bonchev–Trinajstić information content (AvgIpc) is 2.35. The van der Waals surface area contributed by atoms with E-state index in [9.17, 15) is 9.59 Å². The van der Waals surface area contributed by atoms with Crippen LogP contribution < -0.4 is 4.90 Å². The Kier molecular flexibility index (Phi) is 4.12. The minimum atomic E-state index is -0.558. The predicted molar refractivity (Wildman–Crippen MR) is 77.6 cm³/mol. The number of benzene rings is 1. The van der Waals surface area contributed by atoms with Crippen molar-refractivity contribution in [1.29, 1.82) is 0 Å². The maximum atomic E-state index is 12.3. The van der Waals surface area contributed by atoms with Gasteiger partial charge in [-0.05, 0) is 45.2 Å². The van der Waals surface area contributed by atoms with Crippen LogP contribution in [0.1, 0.15) is 39.2 Å². The van der Waals surface area contributed by atoms with E-state index in [1.807, 2.05) is 24.3 Å². The van der Waals surface area contributed by atoms with Gasteiger partial charge in [0.1, 0.15) is 12.0 Å². The van der Waals surface area contributed by atoms with E-state index in [4.69, 9.17) is 4.74 Å². The number of rotatable bonds is 2. The van der Waals surface area contributed by atoms with E-state index in [-0.39, 0.29) is 12.3 Å². The van der Waals surface area contributed by atoms with Crippen molar-refractivity contribution in [3.05, 3.63) is 29.8 Å². The lowest BCUT2D eigenvalue weighted by Gasteiger charge is -2.29. The highest BCUT2D eigenvalue weighted by Crippen LogP contribution is 2.27. The first-order valence-electron chi connectivity index (χ1n) is 6.97. The number of ether oxygens (including phenoxy) is 1. The van der Waals surface area contributed by atoms with Crippen molar-refractivity contribution in [3.63, 3.8) is 0 Å². The summed E-state index contributed by atoms with van der Waals surface area (Å²) >= 11 is 0. The predicted octanol–water partition coefficient (Wildman–Crippen LogP) is 2.70. The van der Waals surface area contributed by atoms with E-state index in [0.29, 0.717) is 6.54 Å². The van der Waals surface area contributed by atoms with Crippen molar-refractivity contribution < 1.29 is 14.3 Å². The summed E-state index contributed by atoms with van der Waals surface area (Å²) in [5.74, 6) is -0.656. The number of aryl methyl sites for hydroxylation is 1. The van der Waals surface area contributed by atoms with Crippen molar-refractivity contribution in [3.8, 4) is 0 Å². The summed E-state index contributed by atoms with van der Waals surface area (Å²) in [7, 11) is 0. The topological polar surface area (TPSA) is 46.6 Å². The number of nitrogens with zero attached hydrogens (tertiary/aromatic N) is 1. The highest BCUT2D eigenvalue weighted by Gasteiger charge is 2.26. The highest BCUT2D eigenvalue weighted by molar-refractivity contribution is 6.04. The third-order valence-electron chi connectivity index (χ3n) is 3.13. The van der Waals surface area contributed by atoms with Crippen LogP contribution >= 0.6 is 0 Å². The molecule has 1 aromatic rings. The SMILES string of the molecule is CC(C)(C)OC(=O)CC(=O)N1CCCc2ccccc21. The van der Waals surface area contributed by atoms with Gasteiger partial charge in [0.15, 0.2) is 0 Å². The quantitative estimate of drug-likeness (QED) is 0.616. The normalized spacial score (nSPS) is 14.7. The Morgan fingerprint density at radius 1 is 1.25 bits per heavy atom. The summed E-state index contributed by atoms with van der Waals surface area (Å²) < 4.78 is 5.20. The minimum absolute atomic E-state index is 0.189. The van der Waals surface area contributed by atoms with Gasteiger partial charge in [-0.15, -0.1) is 0 Å². The number of fused-ring (bicyclic) bond motifs is 1. The summed E-state index contributed by atoms with van der Waals surface area (Å²) in [6, 6.07) is 7.85. The zero-order valence-electron chi connectivity index (χ0n) is 12.3. The summed E-state index contributed by atoms with van der Waals surface area (Å²) in [5.41, 5.74) is 1.53. The number of anilines is 1. The van der Waals surface area contributed by atoms with Gasteiger partial charge in [0.2, 0.25) is 5.91 Å². The lowest BCUT2D eigenvalue weighted by atomic mass is 10.0. The van der Waals surface area contributed by atoms with Crippen LogP contribution in [0.25, 0.3) is 0 Å². The average molecular weight is 275 g/mol. The standard InChI is InChI=1S/C16H21NO3/c1-16(2,3)20-15(19)11-14(18)17-10-6-8-12-7-4-5-9-13(12)17/h4-5,7,9H,6,8,10-11H2,1-3H3. The summed E-state index contributed by atoms with van der Waals surface area (Å²) in [6.07, 6.45) is 1.70. The van der Waals surface area contributed by atoms with Crippen molar-refractivity contribution >= 4 is 17.6 Å². The van der Waals surface area contributed by atoms with Crippen LogP contribution in [-0.2, 0) is 20.7 Å². The maximum absolute atomic E-state index is 12.3. The highest BCUT2D eigenvalue weighted by atomic mass is 16.6. The number of hydrogen-bond donors (Lipinski definition) is 0. The molecule has 0 unspecified atom stereocenters. The fraction of sp³-hybridized carbons (Fsp3) is 0.500. The Bertz CT molecular complexity index is 517. The smallest absolute Gasteiger partial charge is 0.315 e. The van der Waals surface area contributed by atoms with Crippen molar-refractivity contribution in [1.82, 2.24) is 0 Å².